The van der Waals surface area contributed by atoms with Crippen molar-refractivity contribution in [1.29, 1.82) is 0 Å². The average Bonchev–Trinajstić information content (AvgIpc) is 2.64. The summed E-state index contributed by atoms with van der Waals surface area (Å²) in [6.45, 7) is 4.83. The molecule has 0 atom stereocenters. The maximum Gasteiger partial charge on any atom is 0.255 e. The lowest BCUT2D eigenvalue weighted by Crippen LogP contribution is -2.16. The molecule has 0 unspecified atom stereocenters. The van der Waals surface area contributed by atoms with Gasteiger partial charge in [-0.2, -0.15) is 0 Å². The van der Waals surface area contributed by atoms with Crippen LogP contribution in [0.15, 0.2) is 47.4 Å². The van der Waals surface area contributed by atoms with E-state index in [1.54, 1.807) is 39.0 Å². The Labute approximate surface area is 159 Å². The predicted octanol–water partition coefficient (Wildman–Crippen LogP) is 2.80. The lowest BCUT2D eigenvalue weighted by Gasteiger charge is -2.12. The second kappa shape index (κ2) is 8.10. The summed E-state index contributed by atoms with van der Waals surface area (Å²) in [4.78, 5) is 12.5. The van der Waals surface area contributed by atoms with Crippen LogP contribution < -0.4 is 10.0 Å². The number of carbonyl (C=O) groups is 1. The number of hydrogen-bond acceptors (Lipinski definition) is 5. The van der Waals surface area contributed by atoms with E-state index >= 15 is 0 Å². The van der Waals surface area contributed by atoms with E-state index in [-0.39, 0.29) is 16.4 Å². The van der Waals surface area contributed by atoms with Gasteiger partial charge < -0.3 is 5.32 Å². The van der Waals surface area contributed by atoms with Gasteiger partial charge in [0.05, 0.1) is 22.1 Å². The smallest absolute Gasteiger partial charge is 0.255 e. The van der Waals surface area contributed by atoms with Gasteiger partial charge in [-0.3, -0.25) is 9.52 Å². The molecule has 2 rings (SSSR count). The van der Waals surface area contributed by atoms with Gasteiger partial charge in [0.2, 0.25) is 10.0 Å². The number of benzene rings is 2. The van der Waals surface area contributed by atoms with Gasteiger partial charge in [-0.1, -0.05) is 6.92 Å². The van der Waals surface area contributed by atoms with E-state index in [0.717, 1.165) is 0 Å². The molecule has 0 spiro atoms. The number of sulfonamides is 1. The van der Waals surface area contributed by atoms with Crippen LogP contribution in [0, 0.1) is 6.92 Å². The summed E-state index contributed by atoms with van der Waals surface area (Å²) in [5, 5.41) is 2.71. The Morgan fingerprint density at radius 3 is 2.07 bits per heavy atom. The molecule has 0 radical (unpaired) electrons. The lowest BCUT2D eigenvalue weighted by atomic mass is 10.1. The van der Waals surface area contributed by atoms with Crippen molar-refractivity contribution in [3.8, 4) is 0 Å². The maximum absolute atomic E-state index is 12.3. The molecule has 0 aliphatic carbocycles. The summed E-state index contributed by atoms with van der Waals surface area (Å²) in [6, 6.07) is 10.5. The maximum atomic E-state index is 12.3. The molecule has 2 N–H and O–H groups in total. The van der Waals surface area contributed by atoms with Gasteiger partial charge in [-0.05, 0) is 61.9 Å². The first kappa shape index (κ1) is 20.9. The largest absolute Gasteiger partial charge is 0.322 e. The minimum absolute atomic E-state index is 0.00798. The van der Waals surface area contributed by atoms with Crippen LogP contribution in [0.3, 0.4) is 0 Å². The van der Waals surface area contributed by atoms with Crippen LogP contribution in [0.2, 0.25) is 0 Å². The molecule has 0 fully saturated rings. The number of aryl methyl sites for hydroxylation is 1. The third kappa shape index (κ3) is 5.30. The van der Waals surface area contributed by atoms with E-state index in [9.17, 15) is 21.6 Å². The zero-order chi connectivity index (χ0) is 20.2. The van der Waals surface area contributed by atoms with Crippen molar-refractivity contribution >= 4 is 37.1 Å². The van der Waals surface area contributed by atoms with Crippen molar-refractivity contribution in [3.63, 3.8) is 0 Å². The normalized spacial score (nSPS) is 11.8. The van der Waals surface area contributed by atoms with Crippen molar-refractivity contribution in [2.24, 2.45) is 0 Å². The number of anilines is 2. The Balaban J connectivity index is 2.15. The Bertz CT molecular complexity index is 1040. The van der Waals surface area contributed by atoms with Crippen LogP contribution in [-0.4, -0.2) is 34.2 Å². The number of hydrogen-bond donors (Lipinski definition) is 2. The van der Waals surface area contributed by atoms with Gasteiger partial charge >= 0.3 is 0 Å². The van der Waals surface area contributed by atoms with E-state index in [2.05, 4.69) is 10.0 Å². The first-order chi connectivity index (χ1) is 12.6. The van der Waals surface area contributed by atoms with Gasteiger partial charge in [0, 0.05) is 11.3 Å². The highest BCUT2D eigenvalue weighted by Crippen LogP contribution is 2.21. The molecule has 7 nitrogen and oxygen atoms in total. The molecule has 1 amide bonds. The van der Waals surface area contributed by atoms with E-state index in [1.165, 1.54) is 24.3 Å². The first-order valence-corrected chi connectivity index (χ1v) is 11.6. The van der Waals surface area contributed by atoms with Crippen LogP contribution in [-0.2, 0) is 19.9 Å². The zero-order valence-electron chi connectivity index (χ0n) is 15.3. The Hall–Kier alpha value is -2.39. The number of nitrogens with one attached hydrogen (secondary N) is 2. The molecule has 9 heteroatoms. The Morgan fingerprint density at radius 1 is 0.926 bits per heavy atom. The minimum atomic E-state index is -3.38. The second-order valence-electron chi connectivity index (χ2n) is 5.92. The van der Waals surface area contributed by atoms with E-state index in [0.29, 0.717) is 22.5 Å². The topological polar surface area (TPSA) is 109 Å². The van der Waals surface area contributed by atoms with Crippen molar-refractivity contribution in [3.05, 3.63) is 53.6 Å². The number of amides is 1. The highest BCUT2D eigenvalue weighted by molar-refractivity contribution is 7.92. The molecule has 27 heavy (non-hydrogen) atoms. The molecule has 0 bridgehead atoms. The molecule has 2 aromatic carbocycles. The Kier molecular flexibility index (Phi) is 6.27. The van der Waals surface area contributed by atoms with Gasteiger partial charge in [0.1, 0.15) is 0 Å². The predicted molar refractivity (Wildman–Crippen MR) is 106 cm³/mol. The SMILES string of the molecule is CCS(=O)(=O)Nc1ccc(NC(=O)c2ccc(S(=O)(=O)CC)cc2)cc1C. The number of sulfone groups is 1. The van der Waals surface area contributed by atoms with Crippen LogP contribution in [0.25, 0.3) is 0 Å². The molecule has 0 heterocycles. The zero-order valence-corrected chi connectivity index (χ0v) is 16.9. The fourth-order valence-electron chi connectivity index (χ4n) is 2.28. The molecule has 0 aliphatic rings. The molecule has 0 saturated carbocycles. The molecule has 2 aromatic rings. The minimum Gasteiger partial charge on any atom is -0.322 e. The summed E-state index contributed by atoms with van der Waals surface area (Å²) in [6.07, 6.45) is 0. The molecule has 0 saturated heterocycles. The van der Waals surface area contributed by atoms with Crippen LogP contribution in [0.4, 0.5) is 11.4 Å². The van der Waals surface area contributed by atoms with Gasteiger partial charge in [0.25, 0.3) is 5.91 Å². The monoisotopic (exact) mass is 410 g/mol. The molecule has 0 aromatic heterocycles. The van der Waals surface area contributed by atoms with E-state index in [4.69, 9.17) is 0 Å². The summed E-state index contributed by atoms with van der Waals surface area (Å²) in [5.74, 6) is -0.433. The summed E-state index contributed by atoms with van der Waals surface area (Å²) in [5.41, 5.74) is 1.93. The summed E-state index contributed by atoms with van der Waals surface area (Å²) < 4.78 is 49.4. The molecular formula is C18H22N2O5S2. The Morgan fingerprint density at radius 2 is 1.56 bits per heavy atom. The van der Waals surface area contributed by atoms with E-state index < -0.39 is 25.8 Å². The van der Waals surface area contributed by atoms with Crippen LogP contribution >= 0.6 is 0 Å². The average molecular weight is 411 g/mol. The third-order valence-electron chi connectivity index (χ3n) is 3.99. The molecular weight excluding hydrogens is 388 g/mol. The van der Waals surface area contributed by atoms with Crippen molar-refractivity contribution in [2.75, 3.05) is 21.5 Å². The standard InChI is InChI=1S/C18H22N2O5S2/c1-4-26(22,23)16-9-6-14(7-10-16)18(21)19-15-8-11-17(13(3)12-15)20-27(24,25)5-2/h6-12,20H,4-5H2,1-3H3,(H,19,21). The van der Waals surface area contributed by atoms with Crippen molar-refractivity contribution in [2.45, 2.75) is 25.7 Å². The highest BCUT2D eigenvalue weighted by Gasteiger charge is 2.14. The van der Waals surface area contributed by atoms with Crippen LogP contribution in [0.5, 0.6) is 0 Å². The number of carbonyl (C=O) groups excluding carboxylic acids is 1. The fraction of sp³-hybridized carbons (Fsp3) is 0.278. The van der Waals surface area contributed by atoms with Gasteiger partial charge in [0.15, 0.2) is 9.84 Å². The third-order valence-corrected chi connectivity index (χ3v) is 7.03. The highest BCUT2D eigenvalue weighted by atomic mass is 32.2. The number of rotatable bonds is 7. The van der Waals surface area contributed by atoms with Crippen LogP contribution in [0.1, 0.15) is 29.8 Å². The molecule has 0 aliphatic heterocycles. The lowest BCUT2D eigenvalue weighted by molar-refractivity contribution is 0.102. The second-order valence-corrected chi connectivity index (χ2v) is 10.2. The summed E-state index contributed by atoms with van der Waals surface area (Å²) >= 11 is 0. The van der Waals surface area contributed by atoms with E-state index in [1.807, 2.05) is 0 Å². The van der Waals surface area contributed by atoms with Gasteiger partial charge in [-0.15, -0.1) is 0 Å². The van der Waals surface area contributed by atoms with Crippen molar-refractivity contribution < 1.29 is 21.6 Å². The summed E-state index contributed by atoms with van der Waals surface area (Å²) in [7, 11) is -6.69. The van der Waals surface area contributed by atoms with Gasteiger partial charge in [-0.25, -0.2) is 16.8 Å². The fourth-order valence-corrected chi connectivity index (χ4v) is 3.87. The molecule has 146 valence electrons. The van der Waals surface area contributed by atoms with Crippen molar-refractivity contribution in [1.82, 2.24) is 0 Å². The first-order valence-electron chi connectivity index (χ1n) is 8.33. The quantitative estimate of drug-likeness (QED) is 0.729.